The SMILES string of the molecule is C=C(C)C(=O)OC(C)(C)CCOC(C)(C)CC=C(C)C(=O)OC(C)(C)CCOC(C)(C)C. The first-order valence-electron chi connectivity index (χ1n) is 11.3. The zero-order chi connectivity index (χ0) is 25.4. The van der Waals surface area contributed by atoms with Crippen LogP contribution in [0.15, 0.2) is 23.8 Å². The minimum atomic E-state index is -0.649. The average molecular weight is 455 g/mol. The second-order valence-electron chi connectivity index (χ2n) is 11.2. The fraction of sp³-hybridized carbons (Fsp3) is 0.769. The van der Waals surface area contributed by atoms with Gasteiger partial charge in [-0.05, 0) is 82.6 Å². The zero-order valence-electron chi connectivity index (χ0n) is 22.3. The molecule has 6 heteroatoms. The lowest BCUT2D eigenvalue weighted by Gasteiger charge is -2.29. The van der Waals surface area contributed by atoms with Gasteiger partial charge in [-0.25, -0.2) is 9.59 Å². The summed E-state index contributed by atoms with van der Waals surface area (Å²) in [6, 6.07) is 0. The number of esters is 2. The van der Waals surface area contributed by atoms with Crippen molar-refractivity contribution >= 4 is 11.9 Å². The van der Waals surface area contributed by atoms with Gasteiger partial charge in [0.1, 0.15) is 11.2 Å². The fourth-order valence-electron chi connectivity index (χ4n) is 2.49. The summed E-state index contributed by atoms with van der Waals surface area (Å²) in [4.78, 5) is 24.3. The lowest BCUT2D eigenvalue weighted by atomic mass is 10.0. The van der Waals surface area contributed by atoms with Crippen LogP contribution in [0.25, 0.3) is 0 Å². The molecule has 0 aliphatic carbocycles. The summed E-state index contributed by atoms with van der Waals surface area (Å²) < 4.78 is 22.8. The van der Waals surface area contributed by atoms with Gasteiger partial charge in [0.15, 0.2) is 0 Å². The summed E-state index contributed by atoms with van der Waals surface area (Å²) in [7, 11) is 0. The Balaban J connectivity index is 4.63. The van der Waals surface area contributed by atoms with Crippen LogP contribution in [-0.4, -0.2) is 47.6 Å². The van der Waals surface area contributed by atoms with Crippen LogP contribution < -0.4 is 0 Å². The van der Waals surface area contributed by atoms with Crippen molar-refractivity contribution in [3.05, 3.63) is 23.8 Å². The van der Waals surface area contributed by atoms with Crippen molar-refractivity contribution in [1.29, 1.82) is 0 Å². The molecule has 0 saturated carbocycles. The van der Waals surface area contributed by atoms with Gasteiger partial charge < -0.3 is 18.9 Å². The second-order valence-corrected chi connectivity index (χ2v) is 11.2. The monoisotopic (exact) mass is 454 g/mol. The largest absolute Gasteiger partial charge is 0.456 e. The maximum Gasteiger partial charge on any atom is 0.333 e. The first kappa shape index (κ1) is 30.3. The molecular formula is C26H46O6. The van der Waals surface area contributed by atoms with E-state index < -0.39 is 22.8 Å². The molecule has 0 aliphatic rings. The van der Waals surface area contributed by atoms with E-state index in [4.69, 9.17) is 18.9 Å². The van der Waals surface area contributed by atoms with E-state index in [9.17, 15) is 9.59 Å². The van der Waals surface area contributed by atoms with Crippen LogP contribution >= 0.6 is 0 Å². The van der Waals surface area contributed by atoms with Crippen LogP contribution in [0.5, 0.6) is 0 Å². The van der Waals surface area contributed by atoms with Gasteiger partial charge >= 0.3 is 11.9 Å². The van der Waals surface area contributed by atoms with Gasteiger partial charge in [0.05, 0.1) is 24.4 Å². The van der Waals surface area contributed by atoms with Crippen molar-refractivity contribution in [2.45, 2.75) is 118 Å². The first-order chi connectivity index (χ1) is 14.3. The molecule has 0 aromatic carbocycles. The Morgan fingerprint density at radius 2 is 1.16 bits per heavy atom. The molecule has 0 aromatic heterocycles. The quantitative estimate of drug-likeness (QED) is 0.254. The average Bonchev–Trinajstić information content (AvgIpc) is 2.56. The second kappa shape index (κ2) is 12.0. The van der Waals surface area contributed by atoms with E-state index in [1.807, 2.05) is 68.4 Å². The van der Waals surface area contributed by atoms with Crippen molar-refractivity contribution in [3.8, 4) is 0 Å². The Labute approximate surface area is 195 Å². The van der Waals surface area contributed by atoms with Gasteiger partial charge in [-0.2, -0.15) is 0 Å². The van der Waals surface area contributed by atoms with Gasteiger partial charge in [0.25, 0.3) is 0 Å². The van der Waals surface area contributed by atoms with E-state index in [0.29, 0.717) is 43.6 Å². The summed E-state index contributed by atoms with van der Waals surface area (Å²) in [6.45, 7) is 25.3. The van der Waals surface area contributed by atoms with Crippen molar-refractivity contribution < 1.29 is 28.5 Å². The number of hydrogen-bond donors (Lipinski definition) is 0. The number of rotatable bonds is 13. The first-order valence-corrected chi connectivity index (χ1v) is 11.3. The topological polar surface area (TPSA) is 71.1 Å². The van der Waals surface area contributed by atoms with Crippen molar-refractivity contribution in [2.75, 3.05) is 13.2 Å². The summed E-state index contributed by atoms with van der Waals surface area (Å²) in [6.07, 6.45) is 3.55. The van der Waals surface area contributed by atoms with E-state index in [1.165, 1.54) is 0 Å². The predicted molar refractivity (Wildman–Crippen MR) is 129 cm³/mol. The van der Waals surface area contributed by atoms with Crippen LogP contribution in [0.3, 0.4) is 0 Å². The van der Waals surface area contributed by atoms with E-state index in [1.54, 1.807) is 13.8 Å². The standard InChI is InChI=1S/C26H46O6/c1-19(2)21(27)31-25(9,10)16-18-30-24(7,8)14-13-20(3)22(28)32-26(11,12)15-17-29-23(4,5)6/h13H,1,14-18H2,2-12H3. The maximum atomic E-state index is 12.5. The highest BCUT2D eigenvalue weighted by Gasteiger charge is 2.27. The molecule has 0 aliphatic heterocycles. The molecule has 32 heavy (non-hydrogen) atoms. The molecule has 186 valence electrons. The summed E-state index contributed by atoms with van der Waals surface area (Å²) in [5, 5.41) is 0. The molecule has 6 nitrogen and oxygen atoms in total. The Kier molecular flexibility index (Phi) is 11.4. The molecule has 0 radical (unpaired) electrons. The number of hydrogen-bond acceptors (Lipinski definition) is 6. The van der Waals surface area contributed by atoms with Crippen LogP contribution in [0.1, 0.15) is 95.4 Å². The van der Waals surface area contributed by atoms with Crippen LogP contribution in [0.2, 0.25) is 0 Å². The zero-order valence-corrected chi connectivity index (χ0v) is 22.3. The predicted octanol–water partition coefficient (Wildman–Crippen LogP) is 5.93. The van der Waals surface area contributed by atoms with Crippen molar-refractivity contribution in [2.24, 2.45) is 0 Å². The molecule has 0 rings (SSSR count). The fourth-order valence-corrected chi connectivity index (χ4v) is 2.49. The normalized spacial score (nSPS) is 13.7. The number of ether oxygens (including phenoxy) is 4. The Morgan fingerprint density at radius 3 is 1.59 bits per heavy atom. The van der Waals surface area contributed by atoms with E-state index >= 15 is 0 Å². The molecule has 0 spiro atoms. The minimum Gasteiger partial charge on any atom is -0.456 e. The third-order valence-corrected chi connectivity index (χ3v) is 4.74. The lowest BCUT2D eigenvalue weighted by molar-refractivity contribution is -0.155. The van der Waals surface area contributed by atoms with E-state index in [0.717, 1.165) is 0 Å². The molecule has 0 saturated heterocycles. The summed E-state index contributed by atoms with van der Waals surface area (Å²) >= 11 is 0. The Bertz CT molecular complexity index is 677. The smallest absolute Gasteiger partial charge is 0.333 e. The van der Waals surface area contributed by atoms with Gasteiger partial charge in [-0.3, -0.25) is 0 Å². The van der Waals surface area contributed by atoms with Crippen LogP contribution in [-0.2, 0) is 28.5 Å². The van der Waals surface area contributed by atoms with E-state index in [2.05, 4.69) is 6.58 Å². The number of carbonyl (C=O) groups excluding carboxylic acids is 2. The van der Waals surface area contributed by atoms with Crippen molar-refractivity contribution in [3.63, 3.8) is 0 Å². The molecule has 0 aromatic rings. The molecule has 0 amide bonds. The van der Waals surface area contributed by atoms with Crippen molar-refractivity contribution in [1.82, 2.24) is 0 Å². The molecule has 0 heterocycles. The minimum absolute atomic E-state index is 0.219. The Hall–Kier alpha value is -1.66. The summed E-state index contributed by atoms with van der Waals surface area (Å²) in [5.74, 6) is -0.742. The highest BCUT2D eigenvalue weighted by molar-refractivity contribution is 5.88. The molecular weight excluding hydrogens is 408 g/mol. The third kappa shape index (κ3) is 14.4. The van der Waals surface area contributed by atoms with Gasteiger partial charge in [0.2, 0.25) is 0 Å². The van der Waals surface area contributed by atoms with Gasteiger partial charge in [-0.15, -0.1) is 0 Å². The molecule has 0 atom stereocenters. The van der Waals surface area contributed by atoms with Crippen LogP contribution in [0.4, 0.5) is 0 Å². The molecule has 0 N–H and O–H groups in total. The number of carbonyl (C=O) groups is 2. The molecule has 0 bridgehead atoms. The maximum absolute atomic E-state index is 12.5. The Morgan fingerprint density at radius 1 is 0.719 bits per heavy atom. The highest BCUT2D eigenvalue weighted by atomic mass is 16.6. The molecule has 0 unspecified atom stereocenters. The third-order valence-electron chi connectivity index (χ3n) is 4.74. The van der Waals surface area contributed by atoms with Gasteiger partial charge in [0, 0.05) is 24.0 Å². The summed E-state index contributed by atoms with van der Waals surface area (Å²) in [5.41, 5.74) is -1.05. The highest BCUT2D eigenvalue weighted by Crippen LogP contribution is 2.23. The van der Waals surface area contributed by atoms with Crippen LogP contribution in [0, 0.1) is 0 Å². The lowest BCUT2D eigenvalue weighted by Crippen LogP contribution is -2.33. The molecule has 0 fully saturated rings. The van der Waals surface area contributed by atoms with E-state index in [-0.39, 0.29) is 11.6 Å². The van der Waals surface area contributed by atoms with Gasteiger partial charge in [-0.1, -0.05) is 12.7 Å².